The predicted octanol–water partition coefficient (Wildman–Crippen LogP) is 3.80. The van der Waals surface area contributed by atoms with Gasteiger partial charge in [-0.1, -0.05) is 12.1 Å². The number of amides is 1. The van der Waals surface area contributed by atoms with Gasteiger partial charge in [0.15, 0.2) is 23.0 Å². The Bertz CT molecular complexity index is 1600. The first kappa shape index (κ1) is 33.3. The number of rotatable bonds is 6. The number of carbonyl (C=O) groups excluding carboxylic acids is 1. The highest BCUT2D eigenvalue weighted by Crippen LogP contribution is 2.40. The molecule has 0 radical (unpaired) electrons. The third-order valence-electron chi connectivity index (χ3n) is 9.99. The van der Waals surface area contributed by atoms with Crippen molar-refractivity contribution in [2.24, 2.45) is 0 Å². The van der Waals surface area contributed by atoms with Gasteiger partial charge < -0.3 is 44.0 Å². The molecule has 262 valence electrons. The third-order valence-corrected chi connectivity index (χ3v) is 9.99. The summed E-state index contributed by atoms with van der Waals surface area (Å²) < 4.78 is 33.1. The zero-order valence-corrected chi connectivity index (χ0v) is 27.9. The lowest BCUT2D eigenvalue weighted by molar-refractivity contribution is -0.0327. The number of nitrogens with one attached hydrogen (secondary N) is 1. The molecule has 0 bridgehead atoms. The summed E-state index contributed by atoms with van der Waals surface area (Å²) in [5.41, 5.74) is 0.974. The number of methoxy groups -OCH3 is 1. The predicted molar refractivity (Wildman–Crippen MR) is 181 cm³/mol. The van der Waals surface area contributed by atoms with Crippen LogP contribution in [0.15, 0.2) is 60.7 Å². The lowest BCUT2D eigenvalue weighted by Gasteiger charge is -2.39. The molecule has 3 aromatic carbocycles. The van der Waals surface area contributed by atoms with Gasteiger partial charge in [0.05, 0.1) is 24.9 Å². The standard InChI is InChI=1S/C24H28N2O6.C13H17NO3/c1-29-19-5-3-18(4-6-19)26-16-20(32-23(26)27)15-25-10-8-24(28,9-11-25)17-2-7-21-22(14-17)31-13-12-30-21;15-13(3-5-14-6-4-13)10-1-2-11-12(9-10)17-8-7-16-11/h2-7,14,20,28H,8-13,15-16H2,1H3;1-2,9,14-15H,3-8H2. The zero-order valence-electron chi connectivity index (χ0n) is 27.9. The monoisotopic (exact) mass is 675 g/mol. The van der Waals surface area contributed by atoms with E-state index in [0.717, 1.165) is 78.8 Å². The molecule has 3 saturated heterocycles. The first-order valence-electron chi connectivity index (χ1n) is 17.1. The third kappa shape index (κ3) is 7.37. The maximum absolute atomic E-state index is 12.4. The van der Waals surface area contributed by atoms with Crippen molar-refractivity contribution in [3.63, 3.8) is 0 Å². The van der Waals surface area contributed by atoms with Gasteiger partial charge >= 0.3 is 6.09 Å². The van der Waals surface area contributed by atoms with Crippen LogP contribution in [0, 0.1) is 0 Å². The maximum atomic E-state index is 12.4. The van der Waals surface area contributed by atoms with Crippen molar-refractivity contribution < 1.29 is 43.4 Å². The van der Waals surface area contributed by atoms with E-state index in [2.05, 4.69) is 10.2 Å². The van der Waals surface area contributed by atoms with Crippen LogP contribution >= 0.6 is 0 Å². The number of hydrogen-bond donors (Lipinski definition) is 3. The van der Waals surface area contributed by atoms with Crippen molar-refractivity contribution in [2.45, 2.75) is 43.0 Å². The molecule has 8 rings (SSSR count). The van der Waals surface area contributed by atoms with E-state index in [1.54, 1.807) is 12.0 Å². The number of piperidine rings is 2. The molecule has 1 atom stereocenters. The average molecular weight is 676 g/mol. The van der Waals surface area contributed by atoms with Crippen molar-refractivity contribution in [1.82, 2.24) is 10.2 Å². The molecule has 3 aromatic rings. The lowest BCUT2D eigenvalue weighted by Crippen LogP contribution is -2.45. The van der Waals surface area contributed by atoms with E-state index >= 15 is 0 Å². The highest BCUT2D eigenvalue weighted by molar-refractivity contribution is 5.89. The van der Waals surface area contributed by atoms with Gasteiger partial charge in [0.2, 0.25) is 0 Å². The topological polar surface area (TPSA) is 131 Å². The number of fused-ring (bicyclic) bond motifs is 2. The maximum Gasteiger partial charge on any atom is 0.414 e. The van der Waals surface area contributed by atoms with Gasteiger partial charge in [-0.25, -0.2) is 4.79 Å². The van der Waals surface area contributed by atoms with Crippen LogP contribution in [0.3, 0.4) is 0 Å². The van der Waals surface area contributed by atoms with E-state index in [1.165, 1.54) is 0 Å². The summed E-state index contributed by atoms with van der Waals surface area (Å²) in [6, 6.07) is 18.8. The molecule has 12 heteroatoms. The van der Waals surface area contributed by atoms with E-state index in [1.807, 2.05) is 60.7 Å². The largest absolute Gasteiger partial charge is 0.497 e. The smallest absolute Gasteiger partial charge is 0.414 e. The molecular formula is C37H45N3O9. The molecule has 12 nitrogen and oxygen atoms in total. The van der Waals surface area contributed by atoms with E-state index in [9.17, 15) is 15.0 Å². The van der Waals surface area contributed by atoms with Crippen LogP contribution in [0.25, 0.3) is 0 Å². The van der Waals surface area contributed by atoms with Gasteiger partial charge in [-0.3, -0.25) is 9.80 Å². The Hall–Kier alpha value is -4.23. The van der Waals surface area contributed by atoms with Crippen molar-refractivity contribution in [1.29, 1.82) is 0 Å². The molecule has 1 unspecified atom stereocenters. The molecule has 0 spiro atoms. The van der Waals surface area contributed by atoms with Crippen LogP contribution in [0.5, 0.6) is 28.7 Å². The van der Waals surface area contributed by atoms with Gasteiger partial charge in [-0.05, 0) is 98.4 Å². The molecule has 3 N–H and O–H groups in total. The van der Waals surface area contributed by atoms with Gasteiger partial charge in [-0.15, -0.1) is 0 Å². The summed E-state index contributed by atoms with van der Waals surface area (Å²) in [5.74, 6) is 3.70. The average Bonchev–Trinajstić information content (AvgIpc) is 3.52. The number of hydrogen-bond acceptors (Lipinski definition) is 11. The fourth-order valence-electron chi connectivity index (χ4n) is 7.07. The quantitative estimate of drug-likeness (QED) is 0.353. The minimum absolute atomic E-state index is 0.204. The van der Waals surface area contributed by atoms with Crippen LogP contribution < -0.4 is 33.9 Å². The minimum atomic E-state index is -0.895. The van der Waals surface area contributed by atoms with Gasteiger partial charge in [-0.2, -0.15) is 0 Å². The Morgan fingerprint density at radius 3 is 1.84 bits per heavy atom. The molecule has 0 aliphatic carbocycles. The Labute approximate surface area is 286 Å². The molecule has 0 aromatic heterocycles. The second kappa shape index (κ2) is 14.3. The Morgan fingerprint density at radius 2 is 1.29 bits per heavy atom. The Kier molecular flexibility index (Phi) is 9.73. The van der Waals surface area contributed by atoms with Crippen molar-refractivity contribution in [3.8, 4) is 28.7 Å². The number of aliphatic hydroxyl groups is 2. The molecule has 3 fully saturated rings. The number of anilines is 1. The van der Waals surface area contributed by atoms with Crippen LogP contribution in [-0.4, -0.2) is 100 Å². The highest BCUT2D eigenvalue weighted by atomic mass is 16.6. The lowest BCUT2D eigenvalue weighted by atomic mass is 9.84. The molecule has 5 aliphatic rings. The summed E-state index contributed by atoms with van der Waals surface area (Å²) in [6.45, 7) is 6.56. The first-order valence-corrected chi connectivity index (χ1v) is 17.1. The molecule has 5 aliphatic heterocycles. The summed E-state index contributed by atoms with van der Waals surface area (Å²) in [7, 11) is 1.61. The summed E-state index contributed by atoms with van der Waals surface area (Å²) in [6.07, 6.45) is 2.17. The van der Waals surface area contributed by atoms with Crippen molar-refractivity contribution >= 4 is 11.8 Å². The van der Waals surface area contributed by atoms with Gasteiger partial charge in [0.1, 0.15) is 38.3 Å². The second-order valence-corrected chi connectivity index (χ2v) is 13.1. The summed E-state index contributed by atoms with van der Waals surface area (Å²) in [4.78, 5) is 16.3. The molecule has 5 heterocycles. The fourth-order valence-corrected chi connectivity index (χ4v) is 7.07. The zero-order chi connectivity index (χ0) is 33.8. The molecular weight excluding hydrogens is 630 g/mol. The second-order valence-electron chi connectivity index (χ2n) is 13.1. The fraction of sp³-hybridized carbons (Fsp3) is 0.486. The number of ether oxygens (including phenoxy) is 6. The number of nitrogens with zero attached hydrogens (tertiary/aromatic N) is 2. The first-order chi connectivity index (χ1) is 23.8. The van der Waals surface area contributed by atoms with E-state index in [4.69, 9.17) is 28.4 Å². The van der Waals surface area contributed by atoms with Crippen LogP contribution in [-0.2, 0) is 15.9 Å². The Morgan fingerprint density at radius 1 is 0.755 bits per heavy atom. The van der Waals surface area contributed by atoms with E-state index in [-0.39, 0.29) is 12.2 Å². The molecule has 1 amide bonds. The van der Waals surface area contributed by atoms with Gasteiger partial charge in [0.25, 0.3) is 0 Å². The van der Waals surface area contributed by atoms with Crippen LogP contribution in [0.1, 0.15) is 36.8 Å². The van der Waals surface area contributed by atoms with Crippen LogP contribution in [0.2, 0.25) is 0 Å². The van der Waals surface area contributed by atoms with Crippen molar-refractivity contribution in [2.75, 3.05) is 77.7 Å². The van der Waals surface area contributed by atoms with E-state index < -0.39 is 11.2 Å². The number of benzene rings is 3. The Balaban J connectivity index is 0.000000186. The van der Waals surface area contributed by atoms with E-state index in [0.29, 0.717) is 58.1 Å². The SMILES string of the molecule is COc1ccc(N2CC(CN3CCC(O)(c4ccc5c(c4)OCCO5)CC3)OC2=O)cc1.OC1(c2ccc3c(c2)OCCO3)CCNCC1. The number of likely N-dealkylation sites (tertiary alicyclic amines) is 1. The number of carbonyl (C=O) groups is 1. The van der Waals surface area contributed by atoms with Crippen LogP contribution in [0.4, 0.5) is 10.5 Å². The van der Waals surface area contributed by atoms with Crippen molar-refractivity contribution in [3.05, 3.63) is 71.8 Å². The normalized spacial score (nSPS) is 22.4. The van der Waals surface area contributed by atoms with Gasteiger partial charge in [0, 0.05) is 25.3 Å². The highest BCUT2D eigenvalue weighted by Gasteiger charge is 2.38. The summed E-state index contributed by atoms with van der Waals surface area (Å²) >= 11 is 0. The summed E-state index contributed by atoms with van der Waals surface area (Å²) in [5, 5.41) is 25.1. The molecule has 0 saturated carbocycles. The number of cyclic esters (lactones) is 1. The minimum Gasteiger partial charge on any atom is -0.497 e. The molecule has 49 heavy (non-hydrogen) atoms.